The van der Waals surface area contributed by atoms with Crippen molar-refractivity contribution >= 4 is 11.9 Å². The third-order valence-corrected chi connectivity index (χ3v) is 4.83. The first-order valence-corrected chi connectivity index (χ1v) is 7.75. The lowest BCUT2D eigenvalue weighted by atomic mass is 9.90. The van der Waals surface area contributed by atoms with Gasteiger partial charge < -0.3 is 19.5 Å². The molecule has 1 aromatic carbocycles. The molecule has 0 bridgehead atoms. The Bertz CT molecular complexity index is 644. The van der Waals surface area contributed by atoms with E-state index in [-0.39, 0.29) is 18.4 Å². The van der Waals surface area contributed by atoms with Crippen molar-refractivity contribution in [3.63, 3.8) is 0 Å². The first-order chi connectivity index (χ1) is 10.9. The Morgan fingerprint density at radius 3 is 2.87 bits per heavy atom. The predicted molar refractivity (Wildman–Crippen MR) is 82.6 cm³/mol. The van der Waals surface area contributed by atoms with Gasteiger partial charge in [-0.05, 0) is 31.4 Å². The summed E-state index contributed by atoms with van der Waals surface area (Å²) in [5.41, 5.74) is 0.145. The fraction of sp³-hybridized carbons (Fsp3) is 0.529. The van der Waals surface area contributed by atoms with E-state index in [1.165, 1.54) is 0 Å². The maximum Gasteiger partial charge on any atom is 0.311 e. The molecular weight excluding hydrogens is 298 g/mol. The van der Waals surface area contributed by atoms with Crippen molar-refractivity contribution in [2.45, 2.75) is 19.8 Å². The summed E-state index contributed by atoms with van der Waals surface area (Å²) in [6.45, 7) is 2.78. The van der Waals surface area contributed by atoms with Crippen molar-refractivity contribution in [2.24, 2.45) is 11.3 Å². The summed E-state index contributed by atoms with van der Waals surface area (Å²) in [5, 5.41) is 9.29. The number of carbonyl (C=O) groups excluding carboxylic acids is 1. The van der Waals surface area contributed by atoms with Crippen LogP contribution in [0.25, 0.3) is 0 Å². The number of methoxy groups -OCH3 is 1. The maximum atomic E-state index is 12.7. The normalized spacial score (nSPS) is 26.3. The number of ether oxygens (including phenoxy) is 2. The minimum atomic E-state index is -0.842. The number of carbonyl (C=O) groups is 2. The van der Waals surface area contributed by atoms with E-state index in [0.717, 1.165) is 17.1 Å². The van der Waals surface area contributed by atoms with E-state index in [2.05, 4.69) is 0 Å². The van der Waals surface area contributed by atoms with E-state index >= 15 is 0 Å². The van der Waals surface area contributed by atoms with Gasteiger partial charge in [0.1, 0.15) is 18.1 Å². The largest absolute Gasteiger partial charge is 0.497 e. The van der Waals surface area contributed by atoms with Crippen LogP contribution in [0.3, 0.4) is 0 Å². The summed E-state index contributed by atoms with van der Waals surface area (Å²) in [6.07, 6.45) is 1.11. The highest BCUT2D eigenvalue weighted by Gasteiger charge is 2.43. The van der Waals surface area contributed by atoms with Crippen molar-refractivity contribution in [3.8, 4) is 11.5 Å². The van der Waals surface area contributed by atoms with Crippen LogP contribution in [0.2, 0.25) is 0 Å². The van der Waals surface area contributed by atoms with Gasteiger partial charge in [-0.3, -0.25) is 9.59 Å². The van der Waals surface area contributed by atoms with Crippen LogP contribution in [-0.4, -0.2) is 48.7 Å². The second-order valence-corrected chi connectivity index (χ2v) is 6.56. The quantitative estimate of drug-likeness (QED) is 0.915. The standard InChI is InChI=1S/C17H21NO5/c1-17(16(20)21)5-6-18(10-17)15(19)12-7-11-3-4-13(22-2)8-14(11)23-9-12/h3-4,8,12H,5-7,9-10H2,1-2H3,(H,20,21)/t12-,17+/m1/s1. The molecule has 2 aliphatic heterocycles. The van der Waals surface area contributed by atoms with Gasteiger partial charge in [0.15, 0.2) is 0 Å². The molecule has 1 saturated heterocycles. The zero-order valence-electron chi connectivity index (χ0n) is 13.4. The van der Waals surface area contributed by atoms with Crippen LogP contribution in [0.5, 0.6) is 11.5 Å². The number of hydrogen-bond acceptors (Lipinski definition) is 4. The maximum absolute atomic E-state index is 12.7. The summed E-state index contributed by atoms with van der Waals surface area (Å²) < 4.78 is 10.9. The van der Waals surface area contributed by atoms with Crippen LogP contribution in [0.1, 0.15) is 18.9 Å². The Morgan fingerprint density at radius 2 is 2.22 bits per heavy atom. The number of carboxylic acid groups (broad SMARTS) is 1. The molecule has 2 aliphatic rings. The summed E-state index contributed by atoms with van der Waals surface area (Å²) >= 11 is 0. The number of rotatable bonds is 3. The molecule has 2 heterocycles. The minimum Gasteiger partial charge on any atom is -0.497 e. The first kappa shape index (κ1) is 15.6. The molecule has 1 N–H and O–H groups in total. The Balaban J connectivity index is 1.69. The number of benzene rings is 1. The summed E-state index contributed by atoms with van der Waals surface area (Å²) in [4.78, 5) is 25.7. The summed E-state index contributed by atoms with van der Waals surface area (Å²) in [5.74, 6) is 0.365. The van der Waals surface area contributed by atoms with Crippen LogP contribution >= 0.6 is 0 Å². The minimum absolute atomic E-state index is 0.0172. The molecule has 0 radical (unpaired) electrons. The van der Waals surface area contributed by atoms with Gasteiger partial charge in [-0.2, -0.15) is 0 Å². The summed E-state index contributed by atoms with van der Waals surface area (Å²) in [6, 6.07) is 5.60. The Kier molecular flexibility index (Phi) is 3.92. The first-order valence-electron chi connectivity index (χ1n) is 7.75. The fourth-order valence-corrected chi connectivity index (χ4v) is 3.22. The monoisotopic (exact) mass is 319 g/mol. The highest BCUT2D eigenvalue weighted by atomic mass is 16.5. The van der Waals surface area contributed by atoms with E-state index < -0.39 is 11.4 Å². The van der Waals surface area contributed by atoms with E-state index in [0.29, 0.717) is 26.0 Å². The van der Waals surface area contributed by atoms with Gasteiger partial charge in [0.05, 0.1) is 18.4 Å². The van der Waals surface area contributed by atoms with Crippen molar-refractivity contribution < 1.29 is 24.2 Å². The van der Waals surface area contributed by atoms with Gasteiger partial charge >= 0.3 is 5.97 Å². The molecule has 3 rings (SSSR count). The van der Waals surface area contributed by atoms with Crippen molar-refractivity contribution in [1.82, 2.24) is 4.90 Å². The number of hydrogen-bond donors (Lipinski definition) is 1. The zero-order valence-corrected chi connectivity index (χ0v) is 13.4. The predicted octanol–water partition coefficient (Wildman–Crippen LogP) is 1.57. The van der Waals surface area contributed by atoms with Gasteiger partial charge in [-0.15, -0.1) is 0 Å². The molecule has 6 nitrogen and oxygen atoms in total. The molecule has 23 heavy (non-hydrogen) atoms. The SMILES string of the molecule is COc1ccc2c(c1)OC[C@H](C(=O)N1CC[C@](C)(C(=O)O)C1)C2. The third kappa shape index (κ3) is 2.85. The number of amides is 1. The second-order valence-electron chi connectivity index (χ2n) is 6.56. The van der Waals surface area contributed by atoms with Crippen LogP contribution in [0.15, 0.2) is 18.2 Å². The van der Waals surface area contributed by atoms with E-state index in [1.54, 1.807) is 18.9 Å². The zero-order chi connectivity index (χ0) is 16.6. The second kappa shape index (κ2) is 5.76. The molecule has 1 fully saturated rings. The number of carboxylic acids is 1. The van der Waals surface area contributed by atoms with E-state index in [4.69, 9.17) is 9.47 Å². The van der Waals surface area contributed by atoms with Gasteiger partial charge in [0.25, 0.3) is 0 Å². The lowest BCUT2D eigenvalue weighted by molar-refractivity contribution is -0.147. The highest BCUT2D eigenvalue weighted by molar-refractivity contribution is 5.82. The average molecular weight is 319 g/mol. The lowest BCUT2D eigenvalue weighted by Gasteiger charge is -2.29. The average Bonchev–Trinajstić information content (AvgIpc) is 2.97. The number of aliphatic carboxylic acids is 1. The molecule has 0 aliphatic carbocycles. The van der Waals surface area contributed by atoms with E-state index in [9.17, 15) is 14.7 Å². The smallest absolute Gasteiger partial charge is 0.311 e. The number of nitrogens with zero attached hydrogens (tertiary/aromatic N) is 1. The Morgan fingerprint density at radius 1 is 1.43 bits per heavy atom. The van der Waals surface area contributed by atoms with E-state index in [1.807, 2.05) is 18.2 Å². The fourth-order valence-electron chi connectivity index (χ4n) is 3.22. The van der Waals surface area contributed by atoms with Crippen LogP contribution in [-0.2, 0) is 16.0 Å². The topological polar surface area (TPSA) is 76.1 Å². The van der Waals surface area contributed by atoms with Gasteiger partial charge in [-0.25, -0.2) is 0 Å². The Labute approximate surface area is 135 Å². The highest BCUT2D eigenvalue weighted by Crippen LogP contribution is 2.34. The number of likely N-dealkylation sites (tertiary alicyclic amines) is 1. The van der Waals surface area contributed by atoms with Crippen molar-refractivity contribution in [2.75, 3.05) is 26.8 Å². The van der Waals surface area contributed by atoms with Crippen LogP contribution in [0.4, 0.5) is 0 Å². The van der Waals surface area contributed by atoms with Gasteiger partial charge in [0.2, 0.25) is 5.91 Å². The van der Waals surface area contributed by atoms with Crippen LogP contribution in [0, 0.1) is 11.3 Å². The molecular formula is C17H21NO5. The lowest BCUT2D eigenvalue weighted by Crippen LogP contribution is -2.41. The number of fused-ring (bicyclic) bond motifs is 1. The molecule has 1 aromatic rings. The molecule has 2 atom stereocenters. The molecule has 0 aromatic heterocycles. The van der Waals surface area contributed by atoms with Gasteiger partial charge in [-0.1, -0.05) is 6.07 Å². The van der Waals surface area contributed by atoms with Gasteiger partial charge in [0, 0.05) is 19.2 Å². The molecule has 124 valence electrons. The molecule has 0 saturated carbocycles. The van der Waals surface area contributed by atoms with Crippen LogP contribution < -0.4 is 9.47 Å². The van der Waals surface area contributed by atoms with Crippen molar-refractivity contribution in [1.29, 1.82) is 0 Å². The summed E-state index contributed by atoms with van der Waals surface area (Å²) in [7, 11) is 1.60. The third-order valence-electron chi connectivity index (χ3n) is 4.83. The molecule has 1 amide bonds. The molecule has 6 heteroatoms. The van der Waals surface area contributed by atoms with Crippen molar-refractivity contribution in [3.05, 3.63) is 23.8 Å². The molecule has 0 unspecified atom stereocenters. The molecule has 0 spiro atoms. The Hall–Kier alpha value is -2.24.